The van der Waals surface area contributed by atoms with Gasteiger partial charge in [0.2, 0.25) is 0 Å². The van der Waals surface area contributed by atoms with Crippen LogP contribution in [0.2, 0.25) is 0 Å². The zero-order valence-electron chi connectivity index (χ0n) is 7.95. The van der Waals surface area contributed by atoms with Crippen LogP contribution in [0.25, 0.3) is 0 Å². The molecule has 3 heteroatoms. The second kappa shape index (κ2) is 5.98. The van der Waals surface area contributed by atoms with Crippen LogP contribution in [-0.4, -0.2) is 30.7 Å². The Labute approximate surface area is 79.0 Å². The number of ether oxygens (including phenoxy) is 2. The van der Waals surface area contributed by atoms with E-state index in [2.05, 4.69) is 11.8 Å². The first kappa shape index (κ1) is 10.5. The van der Waals surface area contributed by atoms with Gasteiger partial charge in [-0.25, -0.2) is 0 Å². The fourth-order valence-corrected chi connectivity index (χ4v) is 1.27. The van der Waals surface area contributed by atoms with Crippen LogP contribution in [0.15, 0.2) is 0 Å². The van der Waals surface area contributed by atoms with Crippen molar-refractivity contribution in [3.63, 3.8) is 0 Å². The monoisotopic (exact) mass is 184 g/mol. The number of aliphatic hydroxyl groups excluding tert-OH is 1. The molecule has 1 aliphatic heterocycles. The Morgan fingerprint density at radius 2 is 2.46 bits per heavy atom. The van der Waals surface area contributed by atoms with Crippen molar-refractivity contribution in [2.45, 2.75) is 38.6 Å². The highest BCUT2D eigenvalue weighted by molar-refractivity contribution is 5.03. The standard InChI is InChI=1S/C10H16O3/c1-9(5-4-7-11)13-10-6-2-3-8-12-10/h9-11H,2-3,6-8H2,1H3/t9-,10?/m0/s1. The largest absolute Gasteiger partial charge is 0.384 e. The van der Waals surface area contributed by atoms with Gasteiger partial charge in [0.1, 0.15) is 12.7 Å². The molecule has 3 nitrogen and oxygen atoms in total. The minimum Gasteiger partial charge on any atom is -0.384 e. The third kappa shape index (κ3) is 4.28. The van der Waals surface area contributed by atoms with Gasteiger partial charge in [-0.05, 0) is 26.2 Å². The summed E-state index contributed by atoms with van der Waals surface area (Å²) in [6, 6.07) is 0. The van der Waals surface area contributed by atoms with Gasteiger partial charge in [-0.2, -0.15) is 0 Å². The van der Waals surface area contributed by atoms with Crippen LogP contribution in [0.3, 0.4) is 0 Å². The Morgan fingerprint density at radius 1 is 1.62 bits per heavy atom. The molecule has 1 heterocycles. The number of hydrogen-bond donors (Lipinski definition) is 1. The second-order valence-corrected chi connectivity index (χ2v) is 3.05. The molecule has 0 amide bonds. The first-order chi connectivity index (χ1) is 6.33. The van der Waals surface area contributed by atoms with Gasteiger partial charge in [0.25, 0.3) is 0 Å². The van der Waals surface area contributed by atoms with Gasteiger partial charge in [0.05, 0.1) is 0 Å². The Balaban J connectivity index is 2.21. The Kier molecular flexibility index (Phi) is 4.84. The number of hydrogen-bond acceptors (Lipinski definition) is 3. The van der Waals surface area contributed by atoms with Crippen molar-refractivity contribution in [2.75, 3.05) is 13.2 Å². The van der Waals surface area contributed by atoms with Gasteiger partial charge in [-0.15, -0.1) is 0 Å². The Morgan fingerprint density at radius 3 is 3.08 bits per heavy atom. The maximum absolute atomic E-state index is 8.46. The molecule has 2 atom stereocenters. The maximum Gasteiger partial charge on any atom is 0.159 e. The van der Waals surface area contributed by atoms with Crippen LogP contribution in [0, 0.1) is 11.8 Å². The molecule has 0 aliphatic carbocycles. The quantitative estimate of drug-likeness (QED) is 0.648. The van der Waals surface area contributed by atoms with E-state index in [0.29, 0.717) is 0 Å². The summed E-state index contributed by atoms with van der Waals surface area (Å²) in [7, 11) is 0. The lowest BCUT2D eigenvalue weighted by atomic mass is 10.2. The van der Waals surface area contributed by atoms with E-state index in [1.807, 2.05) is 6.92 Å². The van der Waals surface area contributed by atoms with Gasteiger partial charge in [0, 0.05) is 6.61 Å². The number of rotatable bonds is 2. The van der Waals surface area contributed by atoms with Crippen molar-refractivity contribution in [2.24, 2.45) is 0 Å². The summed E-state index contributed by atoms with van der Waals surface area (Å²) < 4.78 is 10.9. The normalized spacial score (nSPS) is 24.6. The molecule has 13 heavy (non-hydrogen) atoms. The zero-order valence-corrected chi connectivity index (χ0v) is 7.95. The Bertz CT molecular complexity index is 186. The predicted octanol–water partition coefficient (Wildman–Crippen LogP) is 0.914. The summed E-state index contributed by atoms with van der Waals surface area (Å²) in [5.41, 5.74) is 0. The van der Waals surface area contributed by atoms with E-state index in [1.54, 1.807) is 0 Å². The molecule has 0 radical (unpaired) electrons. The molecule has 1 unspecified atom stereocenters. The molecule has 0 aromatic heterocycles. The lowest BCUT2D eigenvalue weighted by Crippen LogP contribution is -2.25. The van der Waals surface area contributed by atoms with E-state index >= 15 is 0 Å². The van der Waals surface area contributed by atoms with Crippen LogP contribution in [0.4, 0.5) is 0 Å². The molecule has 1 fully saturated rings. The fraction of sp³-hybridized carbons (Fsp3) is 0.800. The third-order valence-corrected chi connectivity index (χ3v) is 1.88. The van der Waals surface area contributed by atoms with E-state index in [0.717, 1.165) is 25.9 Å². The van der Waals surface area contributed by atoms with Gasteiger partial charge in [0.15, 0.2) is 6.29 Å². The molecular weight excluding hydrogens is 168 g/mol. The minimum atomic E-state index is -0.157. The molecule has 1 N–H and O–H groups in total. The van der Waals surface area contributed by atoms with Crippen LogP contribution < -0.4 is 0 Å². The highest BCUT2D eigenvalue weighted by atomic mass is 16.7. The zero-order chi connectivity index (χ0) is 9.52. The molecule has 1 rings (SSSR count). The first-order valence-corrected chi connectivity index (χ1v) is 4.69. The molecule has 74 valence electrons. The van der Waals surface area contributed by atoms with Gasteiger partial charge in [-0.3, -0.25) is 0 Å². The minimum absolute atomic E-state index is 0.100. The maximum atomic E-state index is 8.46. The average Bonchev–Trinajstić information content (AvgIpc) is 2.16. The van der Waals surface area contributed by atoms with E-state index in [4.69, 9.17) is 14.6 Å². The lowest BCUT2D eigenvalue weighted by Gasteiger charge is -2.23. The van der Waals surface area contributed by atoms with E-state index in [1.165, 1.54) is 0 Å². The first-order valence-electron chi connectivity index (χ1n) is 4.69. The molecule has 1 saturated heterocycles. The average molecular weight is 184 g/mol. The molecule has 1 aliphatic rings. The summed E-state index contributed by atoms with van der Waals surface area (Å²) >= 11 is 0. The smallest absolute Gasteiger partial charge is 0.159 e. The molecule has 0 aromatic carbocycles. The van der Waals surface area contributed by atoms with Gasteiger partial charge < -0.3 is 14.6 Å². The molecule has 0 spiro atoms. The summed E-state index contributed by atoms with van der Waals surface area (Å²) in [5, 5.41) is 8.46. The van der Waals surface area contributed by atoms with E-state index < -0.39 is 0 Å². The molecular formula is C10H16O3. The van der Waals surface area contributed by atoms with Crippen LogP contribution in [0.5, 0.6) is 0 Å². The summed E-state index contributed by atoms with van der Waals surface area (Å²) in [4.78, 5) is 0. The summed E-state index contributed by atoms with van der Waals surface area (Å²) in [6.07, 6.45) is 2.97. The van der Waals surface area contributed by atoms with Crippen molar-refractivity contribution < 1.29 is 14.6 Å². The highest BCUT2D eigenvalue weighted by Gasteiger charge is 2.15. The fourth-order valence-electron chi connectivity index (χ4n) is 1.27. The van der Waals surface area contributed by atoms with Crippen molar-refractivity contribution in [1.29, 1.82) is 0 Å². The number of aliphatic hydroxyl groups is 1. The van der Waals surface area contributed by atoms with Crippen LogP contribution in [-0.2, 0) is 9.47 Å². The molecule has 0 bridgehead atoms. The summed E-state index contributed by atoms with van der Waals surface area (Å²) in [5.74, 6) is 5.34. The van der Waals surface area contributed by atoms with Crippen LogP contribution in [0.1, 0.15) is 26.2 Å². The Hall–Kier alpha value is -0.560. The van der Waals surface area contributed by atoms with Crippen molar-refractivity contribution in [3.8, 4) is 11.8 Å². The predicted molar refractivity (Wildman–Crippen MR) is 49.0 cm³/mol. The van der Waals surface area contributed by atoms with Crippen molar-refractivity contribution in [1.82, 2.24) is 0 Å². The third-order valence-electron chi connectivity index (χ3n) is 1.88. The SMILES string of the molecule is C[C@@H](C#CCO)OC1CCCCO1. The molecule has 0 saturated carbocycles. The van der Waals surface area contributed by atoms with Crippen molar-refractivity contribution >= 4 is 0 Å². The van der Waals surface area contributed by atoms with E-state index in [-0.39, 0.29) is 19.0 Å². The summed E-state index contributed by atoms with van der Waals surface area (Å²) in [6.45, 7) is 2.53. The lowest BCUT2D eigenvalue weighted by molar-refractivity contribution is -0.173. The van der Waals surface area contributed by atoms with Gasteiger partial charge in [-0.1, -0.05) is 11.8 Å². The topological polar surface area (TPSA) is 38.7 Å². The molecule has 0 aromatic rings. The highest BCUT2D eigenvalue weighted by Crippen LogP contribution is 2.14. The van der Waals surface area contributed by atoms with Gasteiger partial charge >= 0.3 is 0 Å². The van der Waals surface area contributed by atoms with Crippen LogP contribution >= 0.6 is 0 Å². The van der Waals surface area contributed by atoms with Crippen molar-refractivity contribution in [3.05, 3.63) is 0 Å². The second-order valence-electron chi connectivity index (χ2n) is 3.05. The van der Waals surface area contributed by atoms with E-state index in [9.17, 15) is 0 Å².